The molecule has 0 unspecified atom stereocenters. The standard InChI is InChI=1S/C18H19ClN2O4/c1-20-18(23)15-11-14(24-2)7-8-16(15)21-17(22)9-10-25-13-5-3-12(19)4-6-13/h3-8,11H,9-10H2,1-2H3,(H,20,23)(H,21,22). The molecule has 2 rings (SSSR count). The Morgan fingerprint density at radius 2 is 1.76 bits per heavy atom. The van der Waals surface area contributed by atoms with E-state index in [0.29, 0.717) is 27.8 Å². The SMILES string of the molecule is CNC(=O)c1cc(OC)ccc1NC(=O)CCOc1ccc(Cl)cc1. The van der Waals surface area contributed by atoms with Gasteiger partial charge in [0.2, 0.25) is 5.91 Å². The molecule has 0 fully saturated rings. The molecule has 0 aromatic heterocycles. The average molecular weight is 363 g/mol. The lowest BCUT2D eigenvalue weighted by molar-refractivity contribution is -0.116. The molecule has 0 spiro atoms. The van der Waals surface area contributed by atoms with Crippen molar-refractivity contribution in [2.45, 2.75) is 6.42 Å². The molecule has 0 saturated heterocycles. The van der Waals surface area contributed by atoms with E-state index in [4.69, 9.17) is 21.1 Å². The van der Waals surface area contributed by atoms with Crippen LogP contribution in [-0.4, -0.2) is 32.6 Å². The highest BCUT2D eigenvalue weighted by Crippen LogP contribution is 2.22. The summed E-state index contributed by atoms with van der Waals surface area (Å²) in [6, 6.07) is 11.8. The van der Waals surface area contributed by atoms with Crippen molar-refractivity contribution < 1.29 is 19.1 Å². The fourth-order valence-corrected chi connectivity index (χ4v) is 2.21. The second-order valence-corrected chi connectivity index (χ2v) is 5.53. The van der Waals surface area contributed by atoms with Crippen LogP contribution in [0.4, 0.5) is 5.69 Å². The molecule has 0 radical (unpaired) electrons. The summed E-state index contributed by atoms with van der Waals surface area (Å²) in [7, 11) is 3.03. The summed E-state index contributed by atoms with van der Waals surface area (Å²) in [6.45, 7) is 0.207. The summed E-state index contributed by atoms with van der Waals surface area (Å²) in [5.41, 5.74) is 0.741. The van der Waals surface area contributed by atoms with Gasteiger partial charge in [-0.25, -0.2) is 0 Å². The lowest BCUT2D eigenvalue weighted by atomic mass is 10.1. The zero-order valence-corrected chi connectivity index (χ0v) is 14.7. The molecule has 0 saturated carbocycles. The van der Waals surface area contributed by atoms with Crippen LogP contribution < -0.4 is 20.1 Å². The van der Waals surface area contributed by atoms with Crippen LogP contribution in [-0.2, 0) is 4.79 Å². The predicted octanol–water partition coefficient (Wildman–Crippen LogP) is 3.12. The highest BCUT2D eigenvalue weighted by Gasteiger charge is 2.14. The normalized spacial score (nSPS) is 10.0. The second-order valence-electron chi connectivity index (χ2n) is 5.09. The van der Waals surface area contributed by atoms with E-state index in [0.717, 1.165) is 0 Å². The van der Waals surface area contributed by atoms with E-state index in [-0.39, 0.29) is 24.8 Å². The summed E-state index contributed by atoms with van der Waals surface area (Å²) in [5.74, 6) is 0.589. The van der Waals surface area contributed by atoms with Gasteiger partial charge in [-0.15, -0.1) is 0 Å². The van der Waals surface area contributed by atoms with Gasteiger partial charge in [0, 0.05) is 12.1 Å². The molecule has 2 aromatic rings. The summed E-state index contributed by atoms with van der Waals surface area (Å²) in [4.78, 5) is 24.1. The van der Waals surface area contributed by atoms with Gasteiger partial charge in [-0.1, -0.05) is 11.6 Å². The van der Waals surface area contributed by atoms with E-state index in [2.05, 4.69) is 10.6 Å². The monoisotopic (exact) mass is 362 g/mol. The molecule has 132 valence electrons. The molecule has 0 bridgehead atoms. The van der Waals surface area contributed by atoms with Crippen molar-refractivity contribution >= 4 is 29.1 Å². The Balaban J connectivity index is 1.95. The van der Waals surface area contributed by atoms with Crippen LogP contribution >= 0.6 is 11.6 Å². The molecule has 2 N–H and O–H groups in total. The van der Waals surface area contributed by atoms with Crippen LogP contribution in [0.25, 0.3) is 0 Å². The number of hydrogen-bond acceptors (Lipinski definition) is 4. The summed E-state index contributed by atoms with van der Waals surface area (Å²) in [6.07, 6.45) is 0.141. The van der Waals surface area contributed by atoms with Gasteiger partial charge in [-0.05, 0) is 42.5 Å². The maximum Gasteiger partial charge on any atom is 0.253 e. The van der Waals surface area contributed by atoms with Crippen molar-refractivity contribution in [1.29, 1.82) is 0 Å². The number of methoxy groups -OCH3 is 1. The quantitative estimate of drug-likeness (QED) is 0.793. The van der Waals surface area contributed by atoms with Gasteiger partial charge in [0.15, 0.2) is 0 Å². The Morgan fingerprint density at radius 3 is 2.40 bits per heavy atom. The number of halogens is 1. The van der Waals surface area contributed by atoms with Gasteiger partial charge >= 0.3 is 0 Å². The highest BCUT2D eigenvalue weighted by atomic mass is 35.5. The number of ether oxygens (including phenoxy) is 2. The smallest absolute Gasteiger partial charge is 0.253 e. The Labute approximate surface area is 151 Å². The molecule has 0 atom stereocenters. The largest absolute Gasteiger partial charge is 0.497 e. The lowest BCUT2D eigenvalue weighted by Crippen LogP contribution is -2.22. The number of anilines is 1. The molecule has 2 amide bonds. The number of nitrogens with one attached hydrogen (secondary N) is 2. The molecule has 0 aliphatic rings. The van der Waals surface area contributed by atoms with Gasteiger partial charge in [0.05, 0.1) is 31.4 Å². The average Bonchev–Trinajstić information content (AvgIpc) is 2.63. The Kier molecular flexibility index (Phi) is 6.65. The third-order valence-corrected chi connectivity index (χ3v) is 3.64. The van der Waals surface area contributed by atoms with E-state index in [1.807, 2.05) is 0 Å². The van der Waals surface area contributed by atoms with Crippen molar-refractivity contribution in [3.05, 3.63) is 53.1 Å². The van der Waals surface area contributed by atoms with Crippen LogP contribution in [0.3, 0.4) is 0 Å². The third kappa shape index (κ3) is 5.39. The summed E-state index contributed by atoms with van der Waals surface area (Å²) in [5, 5.41) is 5.87. The van der Waals surface area contributed by atoms with E-state index < -0.39 is 0 Å². The molecule has 0 heterocycles. The lowest BCUT2D eigenvalue weighted by Gasteiger charge is -2.12. The number of rotatable bonds is 7. The summed E-state index contributed by atoms with van der Waals surface area (Å²) < 4.78 is 10.6. The maximum atomic E-state index is 12.1. The fourth-order valence-electron chi connectivity index (χ4n) is 2.09. The summed E-state index contributed by atoms with van der Waals surface area (Å²) >= 11 is 5.80. The van der Waals surface area contributed by atoms with Crippen LogP contribution in [0.15, 0.2) is 42.5 Å². The Hall–Kier alpha value is -2.73. The molecular weight excluding hydrogens is 344 g/mol. The van der Waals surface area contributed by atoms with Crippen LogP contribution in [0, 0.1) is 0 Å². The fraction of sp³-hybridized carbons (Fsp3) is 0.222. The highest BCUT2D eigenvalue weighted by molar-refractivity contribution is 6.30. The van der Waals surface area contributed by atoms with Crippen LogP contribution in [0.2, 0.25) is 5.02 Å². The first-order chi connectivity index (χ1) is 12.0. The Bertz CT molecular complexity index is 747. The number of benzene rings is 2. The topological polar surface area (TPSA) is 76.7 Å². The minimum atomic E-state index is -0.313. The van der Waals surface area contributed by atoms with Crippen molar-refractivity contribution in [3.8, 4) is 11.5 Å². The van der Waals surface area contributed by atoms with E-state index in [1.54, 1.807) is 42.5 Å². The van der Waals surface area contributed by atoms with Gasteiger partial charge < -0.3 is 20.1 Å². The molecule has 0 aliphatic heterocycles. The van der Waals surface area contributed by atoms with E-state index in [1.165, 1.54) is 14.2 Å². The van der Waals surface area contributed by atoms with E-state index in [9.17, 15) is 9.59 Å². The number of carbonyl (C=O) groups is 2. The first kappa shape index (κ1) is 18.6. The van der Waals surface area contributed by atoms with Gasteiger partial charge in [-0.3, -0.25) is 9.59 Å². The van der Waals surface area contributed by atoms with Crippen LogP contribution in [0.1, 0.15) is 16.8 Å². The maximum absolute atomic E-state index is 12.1. The minimum Gasteiger partial charge on any atom is -0.497 e. The van der Waals surface area contributed by atoms with Crippen molar-refractivity contribution in [2.75, 3.05) is 26.1 Å². The van der Waals surface area contributed by atoms with Crippen molar-refractivity contribution in [1.82, 2.24) is 5.32 Å². The Morgan fingerprint density at radius 1 is 1.08 bits per heavy atom. The van der Waals surface area contributed by atoms with Gasteiger partial charge in [0.25, 0.3) is 5.91 Å². The van der Waals surface area contributed by atoms with Crippen LogP contribution in [0.5, 0.6) is 11.5 Å². The van der Waals surface area contributed by atoms with Gasteiger partial charge in [0.1, 0.15) is 11.5 Å². The van der Waals surface area contributed by atoms with Gasteiger partial charge in [-0.2, -0.15) is 0 Å². The zero-order valence-electron chi connectivity index (χ0n) is 14.0. The number of amides is 2. The van der Waals surface area contributed by atoms with Crippen molar-refractivity contribution in [2.24, 2.45) is 0 Å². The molecule has 0 aliphatic carbocycles. The predicted molar refractivity (Wildman–Crippen MR) is 96.6 cm³/mol. The number of hydrogen-bond donors (Lipinski definition) is 2. The first-order valence-electron chi connectivity index (χ1n) is 7.62. The first-order valence-corrected chi connectivity index (χ1v) is 7.99. The third-order valence-electron chi connectivity index (χ3n) is 3.38. The molecule has 7 heteroatoms. The van der Waals surface area contributed by atoms with Crippen molar-refractivity contribution in [3.63, 3.8) is 0 Å². The molecule has 6 nitrogen and oxygen atoms in total. The number of carbonyl (C=O) groups excluding carboxylic acids is 2. The molecular formula is C18H19ClN2O4. The minimum absolute atomic E-state index is 0.141. The second kappa shape index (κ2) is 8.94. The molecule has 2 aromatic carbocycles. The molecule has 25 heavy (non-hydrogen) atoms. The van der Waals surface area contributed by atoms with E-state index >= 15 is 0 Å². The zero-order chi connectivity index (χ0) is 18.2.